The van der Waals surface area contributed by atoms with Crippen LogP contribution in [0.25, 0.3) is 0 Å². The highest BCUT2D eigenvalue weighted by atomic mass is 16.5. The first-order valence-electron chi connectivity index (χ1n) is 5.99. The Labute approximate surface area is 96.0 Å². The molecule has 1 aromatic rings. The van der Waals surface area contributed by atoms with Gasteiger partial charge in [0.1, 0.15) is 0 Å². The second-order valence-electron chi connectivity index (χ2n) is 4.70. The molecule has 0 radical (unpaired) electrons. The number of rotatable bonds is 2. The minimum atomic E-state index is 0.146. The first-order valence-corrected chi connectivity index (χ1v) is 5.99. The SMILES string of the molecule is CC(C)c1cccn([C@@H]2CCCOC2)c1=O. The summed E-state index contributed by atoms with van der Waals surface area (Å²) in [5.74, 6) is 0.282. The van der Waals surface area contributed by atoms with E-state index in [-0.39, 0.29) is 17.5 Å². The molecule has 1 saturated heterocycles. The first kappa shape index (κ1) is 11.4. The first-order chi connectivity index (χ1) is 7.70. The lowest BCUT2D eigenvalue weighted by atomic mass is 10.0. The maximum absolute atomic E-state index is 12.2. The lowest BCUT2D eigenvalue weighted by Gasteiger charge is -2.24. The molecule has 1 atom stereocenters. The molecule has 1 aliphatic rings. The summed E-state index contributed by atoms with van der Waals surface area (Å²) < 4.78 is 7.27. The molecule has 16 heavy (non-hydrogen) atoms. The minimum Gasteiger partial charge on any atom is -0.379 e. The molecule has 88 valence electrons. The predicted octanol–water partition coefficient (Wildman–Crippen LogP) is 2.32. The summed E-state index contributed by atoms with van der Waals surface area (Å²) in [5.41, 5.74) is 1.04. The summed E-state index contributed by atoms with van der Waals surface area (Å²) in [7, 11) is 0. The Bertz CT molecular complexity index is 403. The Morgan fingerprint density at radius 2 is 2.31 bits per heavy atom. The van der Waals surface area contributed by atoms with Gasteiger partial charge < -0.3 is 9.30 Å². The third-order valence-corrected chi connectivity index (χ3v) is 3.16. The van der Waals surface area contributed by atoms with Crippen LogP contribution in [0.5, 0.6) is 0 Å². The molecule has 0 bridgehead atoms. The highest BCUT2D eigenvalue weighted by Gasteiger charge is 2.18. The van der Waals surface area contributed by atoms with E-state index in [2.05, 4.69) is 13.8 Å². The molecule has 2 heterocycles. The summed E-state index contributed by atoms with van der Waals surface area (Å²) in [6.07, 6.45) is 3.97. The maximum Gasteiger partial charge on any atom is 0.254 e. The Hall–Kier alpha value is -1.09. The van der Waals surface area contributed by atoms with Crippen molar-refractivity contribution in [3.05, 3.63) is 34.2 Å². The van der Waals surface area contributed by atoms with Crippen molar-refractivity contribution >= 4 is 0 Å². The lowest BCUT2D eigenvalue weighted by Crippen LogP contribution is -2.32. The molecule has 0 aliphatic carbocycles. The zero-order chi connectivity index (χ0) is 11.5. The number of hydrogen-bond donors (Lipinski definition) is 0. The zero-order valence-electron chi connectivity index (χ0n) is 9.98. The maximum atomic E-state index is 12.2. The number of aromatic nitrogens is 1. The smallest absolute Gasteiger partial charge is 0.254 e. The van der Waals surface area contributed by atoms with E-state index in [1.54, 1.807) is 0 Å². The fourth-order valence-corrected chi connectivity index (χ4v) is 2.20. The van der Waals surface area contributed by atoms with Gasteiger partial charge in [0.2, 0.25) is 0 Å². The Morgan fingerprint density at radius 3 is 2.94 bits per heavy atom. The molecule has 0 aromatic carbocycles. The van der Waals surface area contributed by atoms with Crippen molar-refractivity contribution in [3.63, 3.8) is 0 Å². The number of ether oxygens (including phenoxy) is 1. The van der Waals surface area contributed by atoms with Gasteiger partial charge in [0.25, 0.3) is 5.56 Å². The summed E-state index contributed by atoms with van der Waals surface area (Å²) in [5, 5.41) is 0. The van der Waals surface area contributed by atoms with Crippen LogP contribution in [0.3, 0.4) is 0 Å². The van der Waals surface area contributed by atoms with Crippen LogP contribution in [0.15, 0.2) is 23.1 Å². The molecule has 3 nitrogen and oxygen atoms in total. The molecule has 2 rings (SSSR count). The van der Waals surface area contributed by atoms with Crippen molar-refractivity contribution in [2.24, 2.45) is 0 Å². The van der Waals surface area contributed by atoms with E-state index in [1.165, 1.54) is 0 Å². The second kappa shape index (κ2) is 4.83. The van der Waals surface area contributed by atoms with Gasteiger partial charge in [-0.25, -0.2) is 0 Å². The van der Waals surface area contributed by atoms with Gasteiger partial charge >= 0.3 is 0 Å². The molecular weight excluding hydrogens is 202 g/mol. The van der Waals surface area contributed by atoms with Crippen molar-refractivity contribution < 1.29 is 4.74 Å². The van der Waals surface area contributed by atoms with Gasteiger partial charge in [-0.15, -0.1) is 0 Å². The monoisotopic (exact) mass is 221 g/mol. The average Bonchev–Trinajstić information content (AvgIpc) is 2.30. The van der Waals surface area contributed by atoms with E-state index >= 15 is 0 Å². The average molecular weight is 221 g/mol. The highest BCUT2D eigenvalue weighted by molar-refractivity contribution is 5.14. The van der Waals surface area contributed by atoms with Crippen LogP contribution in [-0.2, 0) is 4.74 Å². The topological polar surface area (TPSA) is 31.2 Å². The van der Waals surface area contributed by atoms with Gasteiger partial charge in [-0.05, 0) is 24.8 Å². The van der Waals surface area contributed by atoms with Crippen molar-refractivity contribution in [2.75, 3.05) is 13.2 Å². The molecule has 0 spiro atoms. The third-order valence-electron chi connectivity index (χ3n) is 3.16. The molecule has 0 saturated carbocycles. The Balaban J connectivity index is 2.33. The standard InChI is InChI=1S/C13H19NO2/c1-10(2)12-6-3-7-14(13(12)15)11-5-4-8-16-9-11/h3,6-7,10-11H,4-5,8-9H2,1-2H3/t11-/m1/s1. The number of hydrogen-bond acceptors (Lipinski definition) is 2. The molecule has 0 unspecified atom stereocenters. The van der Waals surface area contributed by atoms with E-state index in [0.717, 1.165) is 25.0 Å². The van der Waals surface area contributed by atoms with Crippen molar-refractivity contribution in [3.8, 4) is 0 Å². The van der Waals surface area contributed by atoms with Crippen LogP contribution < -0.4 is 5.56 Å². The molecular formula is C13H19NO2. The van der Waals surface area contributed by atoms with Gasteiger partial charge in [0, 0.05) is 18.4 Å². The van der Waals surface area contributed by atoms with Crippen LogP contribution >= 0.6 is 0 Å². The fraction of sp³-hybridized carbons (Fsp3) is 0.615. The summed E-state index contributed by atoms with van der Waals surface area (Å²) >= 11 is 0. The fourth-order valence-electron chi connectivity index (χ4n) is 2.20. The van der Waals surface area contributed by atoms with Gasteiger partial charge in [0.05, 0.1) is 12.6 Å². The van der Waals surface area contributed by atoms with E-state index in [4.69, 9.17) is 4.74 Å². The quantitative estimate of drug-likeness (QED) is 0.767. The van der Waals surface area contributed by atoms with Crippen LogP contribution in [0.1, 0.15) is 44.2 Å². The second-order valence-corrected chi connectivity index (χ2v) is 4.70. The molecule has 1 aliphatic heterocycles. The minimum absolute atomic E-state index is 0.146. The van der Waals surface area contributed by atoms with Gasteiger partial charge in [-0.1, -0.05) is 19.9 Å². The highest BCUT2D eigenvalue weighted by Crippen LogP contribution is 2.18. The number of pyridine rings is 1. The largest absolute Gasteiger partial charge is 0.379 e. The Morgan fingerprint density at radius 1 is 1.50 bits per heavy atom. The lowest BCUT2D eigenvalue weighted by molar-refractivity contribution is 0.0579. The van der Waals surface area contributed by atoms with Gasteiger partial charge in [0.15, 0.2) is 0 Å². The van der Waals surface area contributed by atoms with Crippen molar-refractivity contribution in [1.29, 1.82) is 0 Å². The molecule has 3 heteroatoms. The molecule has 0 N–H and O–H groups in total. The van der Waals surface area contributed by atoms with Crippen LogP contribution in [-0.4, -0.2) is 17.8 Å². The predicted molar refractivity (Wildman–Crippen MR) is 63.9 cm³/mol. The normalized spacial score (nSPS) is 21.3. The molecule has 1 aromatic heterocycles. The van der Waals surface area contributed by atoms with E-state index in [0.29, 0.717) is 6.61 Å². The third kappa shape index (κ3) is 2.19. The molecule has 0 amide bonds. The van der Waals surface area contributed by atoms with Gasteiger partial charge in [-0.2, -0.15) is 0 Å². The zero-order valence-corrected chi connectivity index (χ0v) is 9.98. The summed E-state index contributed by atoms with van der Waals surface area (Å²) in [4.78, 5) is 12.2. The van der Waals surface area contributed by atoms with E-state index < -0.39 is 0 Å². The van der Waals surface area contributed by atoms with Crippen LogP contribution in [0.4, 0.5) is 0 Å². The van der Waals surface area contributed by atoms with Crippen molar-refractivity contribution in [2.45, 2.75) is 38.6 Å². The van der Waals surface area contributed by atoms with Crippen LogP contribution in [0, 0.1) is 0 Å². The summed E-state index contributed by atoms with van der Waals surface area (Å²) in [6.45, 7) is 5.60. The van der Waals surface area contributed by atoms with E-state index in [1.807, 2.05) is 22.9 Å². The summed E-state index contributed by atoms with van der Waals surface area (Å²) in [6, 6.07) is 4.11. The van der Waals surface area contributed by atoms with Crippen molar-refractivity contribution in [1.82, 2.24) is 4.57 Å². The van der Waals surface area contributed by atoms with E-state index in [9.17, 15) is 4.79 Å². The Kier molecular flexibility index (Phi) is 3.44. The van der Waals surface area contributed by atoms with Gasteiger partial charge in [-0.3, -0.25) is 4.79 Å². The van der Waals surface area contributed by atoms with Crippen LogP contribution in [0.2, 0.25) is 0 Å². The number of nitrogens with zero attached hydrogens (tertiary/aromatic N) is 1. The molecule has 1 fully saturated rings.